The van der Waals surface area contributed by atoms with Crippen LogP contribution in [0.5, 0.6) is 0 Å². The topological polar surface area (TPSA) is 543 Å². The molecule has 0 amide bonds. The van der Waals surface area contributed by atoms with Gasteiger partial charge in [0.2, 0.25) is 1.43 Å². The van der Waals surface area contributed by atoms with Crippen LogP contribution < -0.4 is 75.1 Å². The molecule has 22 atom stereocenters. The van der Waals surface area contributed by atoms with Crippen LogP contribution in [0.25, 0.3) is 0 Å². The van der Waals surface area contributed by atoms with Crippen LogP contribution in [-0.2, 0) is 103 Å². The van der Waals surface area contributed by atoms with Crippen LogP contribution >= 0.6 is 14.3 Å². The normalized spacial score (nSPS) is 25.4. The van der Waals surface area contributed by atoms with Gasteiger partial charge in [-0.3, -0.25) is 66.7 Å². The standard InChI is InChI=1S/C24H35N2O8P.C16H27N2O7P.C16H24N2O5.C14H20N2O6.C13H20N2O6.C4H9.C3H8.CH4O.Li/c1-16-13-25(24(29)26(21(16)27)15-32-14-18-9-7-6-8-10-18)22-19(33-12-11-31-3)17(2)20(34-22)23(28)35(4,5)30;1-9-8-18(16(21)17-14(9)20)15-13(24-7-6-23-3)11(19)12(25-15)10(2)26(4,5)22;1-5-6-12-11(3)13(22-8-7-21-4)15(23-12)18-9-10(2)14(19)17-16(18)20;1-8-6-16(14(19)15-12(8)18)13-11(21-5-4-20-3)9(2)10(7-17)22-13;1-7-6-15(13(18)14-11(7)17)12-10(20-5-4-19-3)9(16)8(2)21-12;1-3-4-2;1-3-2;1-2;/h6-10,13,17,19-20,22-23,28H,11-12,14-15H2,1-5H3;8,10-13,15,19H,6-7H2,1-5H3,(H,17,20,21);5-6,9,11-13,15H,7-8H2,1-4H3,(H,17,19,20);6-7,9-11,13H,4-5H2,1-3H3,(H,15,18,19);6,8-10,12,16H,4-5H2,1-3H3,(H,14,17,18);1,3-4H2,2H3;3H2,1-2H3;2H,1H3;/q;;;;;-1;;;+1/b;;6-5+;;;;;;/t17-,19+,20-,22+,23?;10?,11-,12-,13-,15-;11-,12-,13-,15-;9-,10-,11-,13-;8-,9-,10-,12-;;;;/m01111..../s1/i;;;;2D;;;2T;. The molecule has 10 heterocycles. The van der Waals surface area contributed by atoms with Crippen LogP contribution in [-0.4, -0.2) is 296 Å². The molecule has 8 N–H and O–H groups in total. The zero-order valence-electron chi connectivity index (χ0n) is 85.4. The number of H-pyrrole nitrogens is 4. The van der Waals surface area contributed by atoms with Crippen molar-refractivity contribution < 1.29 is 130 Å². The molecule has 0 aliphatic carbocycles. The number of ether oxygens (including phenoxy) is 16. The summed E-state index contributed by atoms with van der Waals surface area (Å²) in [6, 6.07) is 9.42. The van der Waals surface area contributed by atoms with Crippen molar-refractivity contribution in [1.29, 1.82) is 1.43 Å². The number of aliphatic hydroxyl groups excluding tert-OH is 4. The van der Waals surface area contributed by atoms with E-state index in [4.69, 9.17) is 78.6 Å². The van der Waals surface area contributed by atoms with Gasteiger partial charge in [0.25, 0.3) is 27.8 Å². The van der Waals surface area contributed by atoms with E-state index in [1.807, 2.05) is 70.2 Å². The molecule has 5 aliphatic heterocycles. The second-order valence-corrected chi connectivity index (χ2v) is 40.7. The van der Waals surface area contributed by atoms with Crippen LogP contribution in [0, 0.1) is 59.3 Å². The number of nitrogens with zero attached hydrogens (tertiary/aromatic N) is 6. The molecular weight excluding hydrogens is 1830 g/mol. The van der Waals surface area contributed by atoms with Gasteiger partial charge in [-0.1, -0.05) is 104 Å². The number of aliphatic hydroxyl groups is 4. The molecule has 770 valence electrons. The van der Waals surface area contributed by atoms with Gasteiger partial charge in [0.15, 0.2) is 31.1 Å². The van der Waals surface area contributed by atoms with E-state index < -0.39 is 169 Å². The molecule has 5 saturated heterocycles. The molecule has 6 aromatic rings. The van der Waals surface area contributed by atoms with Crippen molar-refractivity contribution in [1.82, 2.24) is 47.3 Å². The van der Waals surface area contributed by atoms with E-state index in [2.05, 4.69) is 52.7 Å². The summed E-state index contributed by atoms with van der Waals surface area (Å²) in [5, 5.41) is 35.2. The molecule has 43 nitrogen and oxygen atoms in total. The maximum atomic E-state index is 13.4. The molecule has 0 bridgehead atoms. The van der Waals surface area contributed by atoms with Gasteiger partial charge in [-0.15, -0.1) is 0 Å². The Kier molecular flexibility index (Phi) is 53.5. The molecule has 5 aromatic heterocycles. The predicted molar refractivity (Wildman–Crippen MR) is 508 cm³/mol. The Labute approximate surface area is 812 Å². The number of hydrogen-bond donors (Lipinski definition) is 8. The summed E-state index contributed by atoms with van der Waals surface area (Å²) in [4.78, 5) is 141. The average molecular weight is 1980 g/mol. The quantitative estimate of drug-likeness (QED) is 0.00690. The summed E-state index contributed by atoms with van der Waals surface area (Å²) in [6.07, 6.45) is 2.53. The Morgan fingerprint density at radius 2 is 0.854 bits per heavy atom. The molecule has 11 rings (SSSR count). The summed E-state index contributed by atoms with van der Waals surface area (Å²) >= 11 is 0. The minimum absolute atomic E-state index is 0. The third-order valence-corrected chi connectivity index (χ3v) is 26.1. The van der Waals surface area contributed by atoms with E-state index in [1.54, 1.807) is 76.2 Å². The fourth-order valence-electron chi connectivity index (χ4n) is 14.3. The number of methoxy groups -OCH3 is 5. The van der Waals surface area contributed by atoms with Gasteiger partial charge in [0, 0.05) is 126 Å². The van der Waals surface area contributed by atoms with Crippen molar-refractivity contribution in [2.45, 2.75) is 245 Å². The van der Waals surface area contributed by atoms with E-state index in [1.165, 1.54) is 101 Å². The van der Waals surface area contributed by atoms with Crippen LogP contribution in [0.15, 0.2) is 121 Å². The van der Waals surface area contributed by atoms with Crippen molar-refractivity contribution in [2.75, 3.05) is 135 Å². The molecule has 0 radical (unpaired) electrons. The first kappa shape index (κ1) is 120. The first-order valence-electron chi connectivity index (χ1n) is 45.8. The van der Waals surface area contributed by atoms with Crippen LogP contribution in [0.3, 0.4) is 0 Å². The summed E-state index contributed by atoms with van der Waals surface area (Å²) in [5.41, 5.74) is -3.03. The average Bonchev–Trinajstić information content (AvgIpc) is 1.65. The van der Waals surface area contributed by atoms with E-state index in [0.29, 0.717) is 80.4 Å². The number of aldehydes is 1. The second kappa shape index (κ2) is 61.2. The van der Waals surface area contributed by atoms with Gasteiger partial charge in [0.1, 0.15) is 74.8 Å². The molecule has 1 aromatic carbocycles. The van der Waals surface area contributed by atoms with E-state index in [0.717, 1.165) is 16.6 Å². The van der Waals surface area contributed by atoms with Crippen molar-refractivity contribution in [2.24, 2.45) is 17.8 Å². The molecule has 137 heavy (non-hydrogen) atoms. The van der Waals surface area contributed by atoms with Gasteiger partial charge in [-0.05, 0) is 80.7 Å². The predicted octanol–water partition coefficient (Wildman–Crippen LogP) is 1.54. The van der Waals surface area contributed by atoms with Gasteiger partial charge in [0.05, 0.1) is 104 Å². The minimum atomic E-state index is -2.91. The number of allylic oxidation sites excluding steroid dienone is 1. The van der Waals surface area contributed by atoms with Gasteiger partial charge in [-0.2, -0.15) is 6.42 Å². The number of aromatic amines is 4. The van der Waals surface area contributed by atoms with Crippen molar-refractivity contribution >= 4 is 20.6 Å². The fourth-order valence-corrected chi connectivity index (χ4v) is 16.3. The minimum Gasteiger partial charge on any atom is -0.400 e. The number of carbonyl (C=O) groups excluding carboxylic acids is 1. The van der Waals surface area contributed by atoms with Gasteiger partial charge in [-0.25, -0.2) is 28.5 Å². The molecule has 0 spiro atoms. The zero-order chi connectivity index (χ0) is 104. The van der Waals surface area contributed by atoms with Gasteiger partial charge >= 0.3 is 47.3 Å². The van der Waals surface area contributed by atoms with Crippen molar-refractivity contribution in [3.8, 4) is 0 Å². The first-order valence-corrected chi connectivity index (χ1v) is 50.0. The number of unbranched alkanes of at least 4 members (excludes halogenated alkanes) is 1. The largest absolute Gasteiger partial charge is 1.00 e. The van der Waals surface area contributed by atoms with Crippen LogP contribution in [0.4, 0.5) is 0 Å². The van der Waals surface area contributed by atoms with E-state index in [-0.39, 0.29) is 94.4 Å². The number of carbonyl (C=O) groups is 1. The van der Waals surface area contributed by atoms with Crippen molar-refractivity contribution in [3.05, 3.63) is 218 Å². The Hall–Kier alpha value is -7.71. The summed E-state index contributed by atoms with van der Waals surface area (Å²) in [7, 11) is 3.56. The third-order valence-electron chi connectivity index (χ3n) is 22.3. The summed E-state index contributed by atoms with van der Waals surface area (Å²) in [6.45, 7) is 36.4. The summed E-state index contributed by atoms with van der Waals surface area (Å²) in [5.74, 6) is -1.78. The maximum absolute atomic E-state index is 13.4. The maximum Gasteiger partial charge on any atom is 1.00 e. The molecule has 0 saturated carbocycles. The Morgan fingerprint density at radius 3 is 1.21 bits per heavy atom. The first-order chi connectivity index (χ1) is 65.3. The number of rotatable bonds is 36. The number of hydrogen-bond acceptors (Lipinski definition) is 33. The van der Waals surface area contributed by atoms with Crippen LogP contribution in [0.2, 0.25) is 0 Å². The molecule has 46 heteroatoms. The SMILES string of the molecule is C/C=C/[C@H]1O[C@@H](n2cc(C)c(=O)[nH]c2=O)[C@H](OCCOC)[C@@H]1C.CCC.COCCO[C@@H]1[C@H](C)[C@@H](C(O)P(C)(C)=O)O[C@H]1n1cc(C)c(=O)n(COCc2ccccc2)c1=O.COCCO[C@@H]1[C@H](C)[C@@H](C=O)O[C@H]1n1cc(C)c(=O)[nH]c1=O.COCCO[C@@H]1[C@H](O)[C@@H](C(C)P(C)(C)=O)O[C@H]1n1cc(C)c(=O)[nH]c1=O.[2H]C[C@H]1O[C@@H](n2cc(C)c(=O)[nH]c2=O)[C@H](OCCOC)[C@@H]1O.[3H]OC.[CH2-]CCC.[Li+]. The zero-order valence-corrected chi connectivity index (χ0v) is 85.2. The Morgan fingerprint density at radius 1 is 0.518 bits per heavy atom. The number of aromatic nitrogens is 10. The monoisotopic (exact) mass is 1980 g/mol. The number of benzene rings is 1. The number of nitrogens with one attached hydrogen (secondary N) is 4. The Balaban J connectivity index is 0.000000439. The fraction of sp³-hybridized carbons (Fsp3) is 0.670. The second-order valence-electron chi connectivity index (χ2n) is 33.6. The van der Waals surface area contributed by atoms with E-state index in [9.17, 15) is 77.2 Å². The smallest absolute Gasteiger partial charge is 0.400 e. The molecule has 5 fully saturated rings. The van der Waals surface area contributed by atoms with Crippen molar-refractivity contribution in [3.63, 3.8) is 0 Å². The third kappa shape index (κ3) is 35.1. The molecular formula is C91H147LiN10O33P2. The Bertz CT molecular complexity index is 5430. The van der Waals surface area contributed by atoms with Crippen LogP contribution in [0.1, 0.15) is 147 Å². The molecule has 2 unspecified atom stereocenters. The number of aryl methyl sites for hydroxylation is 5. The van der Waals surface area contributed by atoms with Gasteiger partial charge < -0.3 is 117 Å². The summed E-state index contributed by atoms with van der Waals surface area (Å²) < 4.78 is 134. The molecule has 5 aliphatic rings. The van der Waals surface area contributed by atoms with E-state index >= 15 is 0 Å².